The molecule has 0 aliphatic carbocycles. The predicted molar refractivity (Wildman–Crippen MR) is 88.6 cm³/mol. The zero-order valence-electron chi connectivity index (χ0n) is 14.0. The molecule has 1 aromatic heterocycles. The second kappa shape index (κ2) is 6.18. The summed E-state index contributed by atoms with van der Waals surface area (Å²) in [6.45, 7) is 15.0. The van der Waals surface area contributed by atoms with Crippen molar-refractivity contribution in [1.29, 1.82) is 0 Å². The van der Waals surface area contributed by atoms with Gasteiger partial charge in [-0.1, -0.05) is 27.7 Å². The van der Waals surface area contributed by atoms with Crippen LogP contribution in [-0.2, 0) is 5.41 Å². The first kappa shape index (κ1) is 16.0. The van der Waals surface area contributed by atoms with Gasteiger partial charge in [0.1, 0.15) is 17.5 Å². The summed E-state index contributed by atoms with van der Waals surface area (Å²) in [6.07, 6.45) is 1.26. The molecule has 0 saturated carbocycles. The molecule has 0 radical (unpaired) electrons. The molecule has 0 aromatic carbocycles. The molecule has 5 nitrogen and oxygen atoms in total. The van der Waals surface area contributed by atoms with Gasteiger partial charge in [0.2, 0.25) is 0 Å². The SMILES string of the molecule is CCN1CCC(CNc2nc(C(C)(C)C)nc(N)c2C)C1. The molecule has 3 N–H and O–H groups in total. The van der Waals surface area contributed by atoms with Crippen molar-refractivity contribution < 1.29 is 0 Å². The molecule has 21 heavy (non-hydrogen) atoms. The maximum absolute atomic E-state index is 6.05. The highest BCUT2D eigenvalue weighted by atomic mass is 15.1. The summed E-state index contributed by atoms with van der Waals surface area (Å²) >= 11 is 0. The van der Waals surface area contributed by atoms with Gasteiger partial charge >= 0.3 is 0 Å². The lowest BCUT2D eigenvalue weighted by Crippen LogP contribution is -2.24. The van der Waals surface area contributed by atoms with Gasteiger partial charge in [0.25, 0.3) is 0 Å². The van der Waals surface area contributed by atoms with Gasteiger partial charge in [-0.15, -0.1) is 0 Å². The molecule has 1 aliphatic heterocycles. The van der Waals surface area contributed by atoms with Crippen LogP contribution in [0.3, 0.4) is 0 Å². The Kier molecular flexibility index (Phi) is 4.71. The fourth-order valence-corrected chi connectivity index (χ4v) is 2.65. The van der Waals surface area contributed by atoms with Crippen LogP contribution in [0.15, 0.2) is 0 Å². The minimum Gasteiger partial charge on any atom is -0.383 e. The Balaban J connectivity index is 2.07. The molecule has 2 heterocycles. The number of nitrogens with zero attached hydrogens (tertiary/aromatic N) is 3. The van der Waals surface area contributed by atoms with Crippen LogP contribution in [0, 0.1) is 12.8 Å². The first-order valence-corrected chi connectivity index (χ1v) is 7.92. The Morgan fingerprint density at radius 1 is 1.33 bits per heavy atom. The van der Waals surface area contributed by atoms with E-state index in [1.165, 1.54) is 19.5 Å². The van der Waals surface area contributed by atoms with E-state index in [2.05, 4.69) is 47.9 Å². The molecule has 1 saturated heterocycles. The first-order chi connectivity index (χ1) is 9.81. The van der Waals surface area contributed by atoms with E-state index in [0.29, 0.717) is 11.7 Å². The topological polar surface area (TPSA) is 67.1 Å². The summed E-state index contributed by atoms with van der Waals surface area (Å²) in [5.41, 5.74) is 6.91. The molecule has 2 rings (SSSR count). The van der Waals surface area contributed by atoms with Gasteiger partial charge in [-0.2, -0.15) is 0 Å². The number of nitrogens with one attached hydrogen (secondary N) is 1. The Bertz CT molecular complexity index is 492. The molecule has 0 amide bonds. The van der Waals surface area contributed by atoms with E-state index in [-0.39, 0.29) is 5.41 Å². The van der Waals surface area contributed by atoms with Crippen molar-refractivity contribution in [3.63, 3.8) is 0 Å². The van der Waals surface area contributed by atoms with Crippen LogP contribution in [0.2, 0.25) is 0 Å². The van der Waals surface area contributed by atoms with Crippen LogP contribution in [0.25, 0.3) is 0 Å². The molecular formula is C16H29N5. The average Bonchev–Trinajstić information content (AvgIpc) is 2.87. The van der Waals surface area contributed by atoms with Crippen LogP contribution >= 0.6 is 0 Å². The number of likely N-dealkylation sites (tertiary alicyclic amines) is 1. The number of rotatable bonds is 4. The average molecular weight is 291 g/mol. The molecule has 1 aromatic rings. The highest BCUT2D eigenvalue weighted by Crippen LogP contribution is 2.25. The van der Waals surface area contributed by atoms with Crippen molar-refractivity contribution in [3.8, 4) is 0 Å². The van der Waals surface area contributed by atoms with Gasteiger partial charge in [0.05, 0.1) is 0 Å². The molecule has 5 heteroatoms. The quantitative estimate of drug-likeness (QED) is 0.892. The van der Waals surface area contributed by atoms with Crippen molar-refractivity contribution in [3.05, 3.63) is 11.4 Å². The molecule has 1 atom stereocenters. The van der Waals surface area contributed by atoms with Gasteiger partial charge in [0, 0.05) is 24.1 Å². The standard InChI is InChI=1S/C16H29N5/c1-6-21-8-7-12(10-21)9-18-14-11(2)13(17)19-15(20-14)16(3,4)5/h12H,6-10H2,1-5H3,(H3,17,18,19,20). The largest absolute Gasteiger partial charge is 0.383 e. The summed E-state index contributed by atoms with van der Waals surface area (Å²) in [6, 6.07) is 0. The molecule has 0 bridgehead atoms. The van der Waals surface area contributed by atoms with Crippen LogP contribution < -0.4 is 11.1 Å². The van der Waals surface area contributed by atoms with E-state index in [1.54, 1.807) is 0 Å². The lowest BCUT2D eigenvalue weighted by molar-refractivity contribution is 0.345. The summed E-state index contributed by atoms with van der Waals surface area (Å²) in [4.78, 5) is 11.6. The fourth-order valence-electron chi connectivity index (χ4n) is 2.65. The molecule has 1 aliphatic rings. The van der Waals surface area contributed by atoms with Crippen LogP contribution in [0.1, 0.15) is 45.5 Å². The Labute approximate surface area is 128 Å². The van der Waals surface area contributed by atoms with E-state index in [9.17, 15) is 0 Å². The van der Waals surface area contributed by atoms with E-state index < -0.39 is 0 Å². The van der Waals surface area contributed by atoms with Crippen LogP contribution in [-0.4, -0.2) is 41.0 Å². The highest BCUT2D eigenvalue weighted by Gasteiger charge is 2.23. The summed E-state index contributed by atoms with van der Waals surface area (Å²) in [7, 11) is 0. The van der Waals surface area contributed by atoms with Crippen molar-refractivity contribution in [1.82, 2.24) is 14.9 Å². The lowest BCUT2D eigenvalue weighted by atomic mass is 9.95. The Hall–Kier alpha value is -1.36. The molecule has 118 valence electrons. The monoisotopic (exact) mass is 291 g/mol. The van der Waals surface area contributed by atoms with Crippen LogP contribution in [0.4, 0.5) is 11.6 Å². The van der Waals surface area contributed by atoms with Crippen molar-refractivity contribution in [2.45, 2.75) is 46.5 Å². The summed E-state index contributed by atoms with van der Waals surface area (Å²) < 4.78 is 0. The molecular weight excluding hydrogens is 262 g/mol. The lowest BCUT2D eigenvalue weighted by Gasteiger charge is -2.20. The fraction of sp³-hybridized carbons (Fsp3) is 0.750. The Morgan fingerprint density at radius 3 is 2.62 bits per heavy atom. The minimum absolute atomic E-state index is 0.0926. The third-order valence-electron chi connectivity index (χ3n) is 4.23. The molecule has 0 spiro atoms. The zero-order valence-corrected chi connectivity index (χ0v) is 14.0. The van der Waals surface area contributed by atoms with Gasteiger partial charge < -0.3 is 16.0 Å². The van der Waals surface area contributed by atoms with Gasteiger partial charge in [0.15, 0.2) is 0 Å². The van der Waals surface area contributed by atoms with E-state index in [0.717, 1.165) is 30.3 Å². The third kappa shape index (κ3) is 3.84. The number of aromatic nitrogens is 2. The van der Waals surface area contributed by atoms with Gasteiger partial charge in [-0.25, -0.2) is 9.97 Å². The van der Waals surface area contributed by atoms with Crippen molar-refractivity contribution in [2.24, 2.45) is 5.92 Å². The third-order valence-corrected chi connectivity index (χ3v) is 4.23. The van der Waals surface area contributed by atoms with E-state index in [1.807, 2.05) is 6.92 Å². The normalized spacial score (nSPS) is 20.0. The number of nitrogens with two attached hydrogens (primary N) is 1. The smallest absolute Gasteiger partial charge is 0.138 e. The number of hydrogen-bond acceptors (Lipinski definition) is 5. The van der Waals surface area contributed by atoms with Gasteiger partial charge in [-0.3, -0.25) is 0 Å². The maximum Gasteiger partial charge on any atom is 0.138 e. The number of nitrogen functional groups attached to an aromatic ring is 1. The molecule has 1 unspecified atom stereocenters. The highest BCUT2D eigenvalue weighted by molar-refractivity contribution is 5.55. The van der Waals surface area contributed by atoms with Crippen molar-refractivity contribution in [2.75, 3.05) is 37.2 Å². The summed E-state index contributed by atoms with van der Waals surface area (Å²) in [5, 5.41) is 3.50. The van der Waals surface area contributed by atoms with E-state index >= 15 is 0 Å². The number of anilines is 2. The zero-order chi connectivity index (χ0) is 15.6. The van der Waals surface area contributed by atoms with Crippen molar-refractivity contribution >= 4 is 11.6 Å². The molecule has 1 fully saturated rings. The second-order valence-electron chi connectivity index (χ2n) is 7.08. The maximum atomic E-state index is 6.05. The van der Waals surface area contributed by atoms with E-state index in [4.69, 9.17) is 5.73 Å². The summed E-state index contributed by atoms with van der Waals surface area (Å²) in [5.74, 6) is 2.97. The minimum atomic E-state index is -0.0926. The second-order valence-corrected chi connectivity index (χ2v) is 7.08. The van der Waals surface area contributed by atoms with Gasteiger partial charge in [-0.05, 0) is 32.4 Å². The van der Waals surface area contributed by atoms with Crippen LogP contribution in [0.5, 0.6) is 0 Å². The first-order valence-electron chi connectivity index (χ1n) is 7.92. The Morgan fingerprint density at radius 2 is 2.05 bits per heavy atom. The predicted octanol–water partition coefficient (Wildman–Crippen LogP) is 2.42. The number of hydrogen-bond donors (Lipinski definition) is 2.